The van der Waals surface area contributed by atoms with Gasteiger partial charge in [-0.05, 0) is 69.2 Å². The maximum Gasteiger partial charge on any atom is 0.303 e. The number of aromatic nitrogens is 1. The number of nitrogens with two attached hydrogens (primary N) is 1. The van der Waals surface area contributed by atoms with E-state index in [1.54, 1.807) is 23.7 Å². The molecule has 0 bridgehead atoms. The minimum Gasteiger partial charge on any atom is -0.489 e. The van der Waals surface area contributed by atoms with Crippen LogP contribution >= 0.6 is 0 Å². The fourth-order valence-corrected chi connectivity index (χ4v) is 3.85. The molecule has 0 aliphatic carbocycles. The number of aryl methyl sites for hydroxylation is 1. The van der Waals surface area contributed by atoms with Gasteiger partial charge in [0.2, 0.25) is 5.91 Å². The van der Waals surface area contributed by atoms with E-state index in [2.05, 4.69) is 10.6 Å². The Balaban J connectivity index is 1.67. The lowest BCUT2D eigenvalue weighted by molar-refractivity contribution is -0.137. The van der Waals surface area contributed by atoms with E-state index >= 15 is 0 Å². The van der Waals surface area contributed by atoms with Gasteiger partial charge in [-0.2, -0.15) is 0 Å². The molecular formula is C26H32N4O5. The number of carboxylic acid groups (broad SMARTS) is 1. The Kier molecular flexibility index (Phi) is 7.81. The van der Waals surface area contributed by atoms with Gasteiger partial charge in [0.15, 0.2) is 0 Å². The summed E-state index contributed by atoms with van der Waals surface area (Å²) in [5, 5.41) is 15.9. The first kappa shape index (κ1) is 25.8. The molecule has 35 heavy (non-hydrogen) atoms. The van der Waals surface area contributed by atoms with Crippen molar-refractivity contribution in [1.29, 1.82) is 0 Å². The monoisotopic (exact) mass is 480 g/mol. The van der Waals surface area contributed by atoms with Crippen LogP contribution in [0.25, 0.3) is 10.9 Å². The van der Waals surface area contributed by atoms with Gasteiger partial charge >= 0.3 is 5.97 Å². The van der Waals surface area contributed by atoms with Gasteiger partial charge in [-0.15, -0.1) is 0 Å². The molecule has 9 nitrogen and oxygen atoms in total. The number of hydrogen-bond acceptors (Lipinski definition) is 5. The van der Waals surface area contributed by atoms with Crippen LogP contribution in [0.15, 0.2) is 48.5 Å². The highest BCUT2D eigenvalue weighted by Crippen LogP contribution is 2.25. The summed E-state index contributed by atoms with van der Waals surface area (Å²) in [5.41, 5.74) is 7.81. The van der Waals surface area contributed by atoms with Crippen LogP contribution in [0.4, 0.5) is 5.69 Å². The second kappa shape index (κ2) is 10.6. The SMILES string of the molecule is Cn1c(C(N)=O)cc2cc(OCc3cccc(NC(=O)[C@H](CCC(=O)O)NC(C)(C)C)c3)ccc21. The number of nitrogens with one attached hydrogen (secondary N) is 2. The largest absolute Gasteiger partial charge is 0.489 e. The van der Waals surface area contributed by atoms with Crippen LogP contribution < -0.4 is 21.1 Å². The molecule has 186 valence electrons. The van der Waals surface area contributed by atoms with Gasteiger partial charge in [0.1, 0.15) is 18.1 Å². The second-order valence-electron chi connectivity index (χ2n) is 9.53. The third kappa shape index (κ3) is 7.07. The summed E-state index contributed by atoms with van der Waals surface area (Å²) in [6, 6.07) is 13.9. The van der Waals surface area contributed by atoms with E-state index in [0.717, 1.165) is 16.5 Å². The summed E-state index contributed by atoms with van der Waals surface area (Å²) in [4.78, 5) is 35.5. The second-order valence-corrected chi connectivity index (χ2v) is 9.53. The van der Waals surface area contributed by atoms with Crippen LogP contribution in [0.5, 0.6) is 5.75 Å². The Morgan fingerprint density at radius 1 is 1.11 bits per heavy atom. The van der Waals surface area contributed by atoms with Crippen LogP contribution in [-0.2, 0) is 23.2 Å². The van der Waals surface area contributed by atoms with Crippen LogP contribution in [0.2, 0.25) is 0 Å². The zero-order valence-electron chi connectivity index (χ0n) is 20.4. The highest BCUT2D eigenvalue weighted by molar-refractivity contribution is 5.98. The molecule has 1 atom stereocenters. The first-order valence-corrected chi connectivity index (χ1v) is 11.3. The molecule has 1 aromatic heterocycles. The number of rotatable bonds is 10. The predicted octanol–water partition coefficient (Wildman–Crippen LogP) is 3.42. The smallest absolute Gasteiger partial charge is 0.303 e. The molecule has 0 saturated heterocycles. The number of carbonyl (C=O) groups excluding carboxylic acids is 2. The lowest BCUT2D eigenvalue weighted by Gasteiger charge is -2.27. The molecule has 2 amide bonds. The first-order chi connectivity index (χ1) is 16.4. The fourth-order valence-electron chi connectivity index (χ4n) is 3.85. The number of hydrogen-bond donors (Lipinski definition) is 4. The standard InChI is InChI=1S/C26H32N4O5/c1-26(2,3)29-20(9-11-23(31)32)25(34)28-18-7-5-6-16(12-18)15-35-19-8-10-21-17(13-19)14-22(24(27)33)30(21)4/h5-8,10,12-14,20,29H,9,11,15H2,1-4H3,(H2,27,33)(H,28,34)(H,31,32)/t20-/m0/s1. The van der Waals surface area contributed by atoms with Crippen LogP contribution in [-0.4, -0.2) is 39.0 Å². The van der Waals surface area contributed by atoms with Crippen molar-refractivity contribution in [2.24, 2.45) is 12.8 Å². The van der Waals surface area contributed by atoms with Crippen molar-refractivity contribution in [3.63, 3.8) is 0 Å². The minimum absolute atomic E-state index is 0.109. The average Bonchev–Trinajstić information content (AvgIpc) is 3.10. The van der Waals surface area contributed by atoms with E-state index in [1.807, 2.05) is 57.2 Å². The number of aliphatic carboxylic acids is 1. The van der Waals surface area contributed by atoms with E-state index < -0.39 is 17.9 Å². The Morgan fingerprint density at radius 3 is 2.51 bits per heavy atom. The van der Waals surface area contributed by atoms with Gasteiger partial charge in [-0.3, -0.25) is 14.4 Å². The molecule has 0 saturated carbocycles. The highest BCUT2D eigenvalue weighted by atomic mass is 16.5. The number of carbonyl (C=O) groups is 3. The predicted molar refractivity (Wildman–Crippen MR) is 134 cm³/mol. The lowest BCUT2D eigenvalue weighted by atomic mass is 10.0. The topological polar surface area (TPSA) is 136 Å². The lowest BCUT2D eigenvalue weighted by Crippen LogP contribution is -2.49. The molecule has 0 spiro atoms. The van der Waals surface area contributed by atoms with Gasteiger partial charge < -0.3 is 30.8 Å². The number of nitrogens with zero attached hydrogens (tertiary/aromatic N) is 1. The Labute approximate surface area is 204 Å². The van der Waals surface area contributed by atoms with Crippen molar-refractivity contribution in [3.8, 4) is 5.75 Å². The van der Waals surface area contributed by atoms with Crippen LogP contribution in [0.3, 0.4) is 0 Å². The summed E-state index contributed by atoms with van der Waals surface area (Å²) in [5.74, 6) is -1.10. The van der Waals surface area contributed by atoms with Crippen LogP contribution in [0.1, 0.15) is 49.7 Å². The molecule has 0 unspecified atom stereocenters. The average molecular weight is 481 g/mol. The van der Waals surface area contributed by atoms with E-state index in [4.69, 9.17) is 15.6 Å². The van der Waals surface area contributed by atoms with Gasteiger partial charge in [-0.25, -0.2) is 0 Å². The van der Waals surface area contributed by atoms with Crippen LogP contribution in [0, 0.1) is 0 Å². The summed E-state index contributed by atoms with van der Waals surface area (Å²) in [7, 11) is 1.78. The molecular weight excluding hydrogens is 448 g/mol. The number of fused-ring (bicyclic) bond motifs is 1. The highest BCUT2D eigenvalue weighted by Gasteiger charge is 2.24. The Bertz CT molecular complexity index is 1240. The number of anilines is 1. The number of primary amides is 1. The molecule has 0 aliphatic heterocycles. The van der Waals surface area contributed by atoms with Crippen molar-refractivity contribution in [1.82, 2.24) is 9.88 Å². The molecule has 0 aliphatic rings. The van der Waals surface area contributed by atoms with Gasteiger partial charge in [0, 0.05) is 35.6 Å². The minimum atomic E-state index is -0.947. The normalized spacial score (nSPS) is 12.3. The maximum atomic E-state index is 12.9. The van der Waals surface area contributed by atoms with E-state index in [1.165, 1.54) is 0 Å². The molecule has 0 fully saturated rings. The molecule has 5 N–H and O–H groups in total. The zero-order valence-corrected chi connectivity index (χ0v) is 20.4. The Morgan fingerprint density at radius 2 is 1.86 bits per heavy atom. The summed E-state index contributed by atoms with van der Waals surface area (Å²) in [6.07, 6.45) is 0.0718. The molecule has 0 radical (unpaired) electrons. The molecule has 2 aromatic carbocycles. The maximum absolute atomic E-state index is 12.9. The third-order valence-electron chi connectivity index (χ3n) is 5.44. The van der Waals surface area contributed by atoms with Crippen molar-refractivity contribution in [3.05, 3.63) is 59.8 Å². The molecule has 3 rings (SSSR count). The summed E-state index contributed by atoms with van der Waals surface area (Å²) >= 11 is 0. The number of amides is 2. The number of carboxylic acids is 1. The van der Waals surface area contributed by atoms with Gasteiger partial charge in [0.05, 0.1) is 6.04 Å². The van der Waals surface area contributed by atoms with Gasteiger partial charge in [-0.1, -0.05) is 12.1 Å². The quantitative estimate of drug-likeness (QED) is 0.351. The summed E-state index contributed by atoms with van der Waals surface area (Å²) < 4.78 is 7.67. The first-order valence-electron chi connectivity index (χ1n) is 11.3. The summed E-state index contributed by atoms with van der Waals surface area (Å²) in [6.45, 7) is 6.04. The third-order valence-corrected chi connectivity index (χ3v) is 5.44. The van der Waals surface area contributed by atoms with E-state index in [9.17, 15) is 14.4 Å². The van der Waals surface area contributed by atoms with Crippen molar-refractivity contribution in [2.45, 2.75) is 51.8 Å². The molecule has 1 heterocycles. The van der Waals surface area contributed by atoms with Crippen molar-refractivity contribution in [2.75, 3.05) is 5.32 Å². The van der Waals surface area contributed by atoms with Gasteiger partial charge in [0.25, 0.3) is 5.91 Å². The van der Waals surface area contributed by atoms with E-state index in [0.29, 0.717) is 17.1 Å². The molecule has 9 heteroatoms. The number of ether oxygens (including phenoxy) is 1. The molecule has 3 aromatic rings. The Hall–Kier alpha value is -3.85. The van der Waals surface area contributed by atoms with Crippen molar-refractivity contribution >= 4 is 34.4 Å². The van der Waals surface area contributed by atoms with Crippen molar-refractivity contribution < 1.29 is 24.2 Å². The van der Waals surface area contributed by atoms with E-state index in [-0.39, 0.29) is 30.9 Å². The zero-order chi connectivity index (χ0) is 25.8. The fraction of sp³-hybridized carbons (Fsp3) is 0.346. The number of benzene rings is 2.